The number of carbonyl (C=O) groups is 2. The summed E-state index contributed by atoms with van der Waals surface area (Å²) < 4.78 is 75.2. The van der Waals surface area contributed by atoms with Crippen molar-refractivity contribution in [2.45, 2.75) is 305 Å². The molecule has 6 aliphatic rings. The van der Waals surface area contributed by atoms with Gasteiger partial charge in [-0.15, -0.1) is 0 Å². The largest absolute Gasteiger partial charge is 0.454 e. The second-order valence-electron chi connectivity index (χ2n) is 21.3. The number of carbonyl (C=O) groups excluding carboxylic acids is 2. The molecule has 0 spiro atoms. The lowest BCUT2D eigenvalue weighted by Crippen LogP contribution is -2.68. The van der Waals surface area contributed by atoms with Gasteiger partial charge in [0.05, 0.1) is 42.5 Å². The first kappa shape index (κ1) is 61.4. The molecule has 9 N–H and O–H groups in total. The molecule has 74 heavy (non-hydrogen) atoms. The van der Waals surface area contributed by atoms with E-state index in [-0.39, 0.29) is 12.5 Å². The van der Waals surface area contributed by atoms with Crippen molar-refractivity contribution in [3.8, 4) is 0 Å². The van der Waals surface area contributed by atoms with E-state index in [9.17, 15) is 55.5 Å². The molecule has 0 aromatic heterocycles. The van der Waals surface area contributed by atoms with Gasteiger partial charge in [0.2, 0.25) is 0 Å². The zero-order chi connectivity index (χ0) is 54.1. The predicted molar refractivity (Wildman–Crippen MR) is 255 cm³/mol. The molecule has 23 nitrogen and oxygen atoms in total. The summed E-state index contributed by atoms with van der Waals surface area (Å²) in [6.45, 7) is 13.0. The first-order valence-corrected chi connectivity index (χ1v) is 27.2. The van der Waals surface area contributed by atoms with E-state index in [4.69, 9.17) is 56.8 Å². The number of hydrogen-bond donors (Lipinski definition) is 9. The Kier molecular flexibility index (Phi) is 23.5. The van der Waals surface area contributed by atoms with E-state index >= 15 is 0 Å². The van der Waals surface area contributed by atoms with Gasteiger partial charge in [-0.3, -0.25) is 9.59 Å². The molecule has 430 valence electrons. The number of unbranched alkanes of at least 4 members (excludes halogenated alkanes) is 2. The fourth-order valence-electron chi connectivity index (χ4n) is 10.3. The zero-order valence-corrected chi connectivity index (χ0v) is 44.2. The first-order valence-electron chi connectivity index (χ1n) is 27.2. The summed E-state index contributed by atoms with van der Waals surface area (Å²) in [5, 5.41) is 100. The molecule has 0 amide bonds. The van der Waals surface area contributed by atoms with Gasteiger partial charge in [-0.25, -0.2) is 0 Å². The van der Waals surface area contributed by atoms with Gasteiger partial charge in [0.25, 0.3) is 0 Å². The standard InChI is InChI=1S/C51H88O23/c1-9-11-17-20-29-21-18-15-13-12-14-16-19-22-30(52)69-43-39(61)40(27(7)66-50(43)73-42-36(58)33(55)26(6)65-49(42)68-29)71-51-45(70-46(62)23(3)10-2)44(74-48-38(60)35(57)32(54)25(5)64-48)41(28(8)67-51)72-47-37(59)34(56)31(53)24(4)63-47/h23-29,31-45,47-51,53-61H,9-22H2,1-8H3/t23-,24-,25-,26+,27-,28-,29?,31-,32-,33-,34+,35+,36-,37+,38+,39+,40-,41-,42+,43+,44+,45+,47-,48-,49-,50-,51-/m0/s1. The summed E-state index contributed by atoms with van der Waals surface area (Å²) in [4.78, 5) is 27.6. The van der Waals surface area contributed by atoms with Gasteiger partial charge in [-0.1, -0.05) is 78.6 Å². The van der Waals surface area contributed by atoms with Crippen LogP contribution in [-0.4, -0.2) is 218 Å². The van der Waals surface area contributed by atoms with E-state index in [1.807, 2.05) is 0 Å². The Hall–Kier alpha value is -1.82. The van der Waals surface area contributed by atoms with Gasteiger partial charge in [-0.2, -0.15) is 0 Å². The Labute approximate surface area is 434 Å². The third-order valence-corrected chi connectivity index (χ3v) is 15.4. The minimum absolute atomic E-state index is 0.0154. The molecular formula is C51H88O23. The van der Waals surface area contributed by atoms with Crippen molar-refractivity contribution in [3.05, 3.63) is 0 Å². The highest BCUT2D eigenvalue weighted by molar-refractivity contribution is 5.72. The lowest BCUT2D eigenvalue weighted by atomic mass is 9.95. The van der Waals surface area contributed by atoms with Crippen molar-refractivity contribution in [1.82, 2.24) is 0 Å². The van der Waals surface area contributed by atoms with Crippen LogP contribution >= 0.6 is 0 Å². The molecular weight excluding hydrogens is 981 g/mol. The summed E-state index contributed by atoms with van der Waals surface area (Å²) in [6, 6.07) is 0. The lowest BCUT2D eigenvalue weighted by molar-refractivity contribution is -0.399. The van der Waals surface area contributed by atoms with Gasteiger partial charge in [0.15, 0.2) is 43.7 Å². The average Bonchev–Trinajstić information content (AvgIpc) is 3.36. The van der Waals surface area contributed by atoms with Crippen LogP contribution in [0.3, 0.4) is 0 Å². The maximum atomic E-state index is 13.9. The number of fused-ring (bicyclic) bond motifs is 2. The molecule has 6 fully saturated rings. The molecule has 6 saturated heterocycles. The van der Waals surface area contributed by atoms with Crippen molar-refractivity contribution in [1.29, 1.82) is 0 Å². The molecule has 1 unspecified atom stereocenters. The van der Waals surface area contributed by atoms with Crippen LogP contribution in [0.1, 0.15) is 145 Å². The fraction of sp³-hybridized carbons (Fsp3) is 0.961. The summed E-state index contributed by atoms with van der Waals surface area (Å²) in [7, 11) is 0. The monoisotopic (exact) mass is 1070 g/mol. The Balaban J connectivity index is 1.34. The number of ether oxygens (including phenoxy) is 12. The van der Waals surface area contributed by atoms with Crippen molar-refractivity contribution in [3.63, 3.8) is 0 Å². The summed E-state index contributed by atoms with van der Waals surface area (Å²) in [5.41, 5.74) is 0. The van der Waals surface area contributed by atoms with E-state index in [0.717, 1.165) is 70.6 Å². The van der Waals surface area contributed by atoms with Crippen molar-refractivity contribution < 1.29 is 112 Å². The van der Waals surface area contributed by atoms with Crippen LogP contribution in [0.2, 0.25) is 0 Å². The highest BCUT2D eigenvalue weighted by Gasteiger charge is 2.58. The molecule has 0 aromatic rings. The zero-order valence-electron chi connectivity index (χ0n) is 44.2. The molecule has 0 saturated carbocycles. The number of esters is 2. The number of aliphatic hydroxyl groups excluding tert-OH is 9. The lowest BCUT2D eigenvalue weighted by Gasteiger charge is -2.51. The maximum absolute atomic E-state index is 13.9. The summed E-state index contributed by atoms with van der Waals surface area (Å²) in [5.74, 6) is -2.20. The Bertz CT molecular complexity index is 1700. The van der Waals surface area contributed by atoms with Crippen LogP contribution < -0.4 is 0 Å². The Morgan fingerprint density at radius 2 is 1.01 bits per heavy atom. The molecule has 23 heteroatoms. The molecule has 0 aromatic carbocycles. The van der Waals surface area contributed by atoms with Crippen LogP contribution in [0, 0.1) is 5.92 Å². The highest BCUT2D eigenvalue weighted by atomic mass is 16.8. The van der Waals surface area contributed by atoms with E-state index in [1.54, 1.807) is 20.8 Å². The van der Waals surface area contributed by atoms with Crippen LogP contribution in [0.15, 0.2) is 0 Å². The third kappa shape index (κ3) is 15.1. The van der Waals surface area contributed by atoms with Gasteiger partial charge < -0.3 is 103 Å². The first-order chi connectivity index (χ1) is 35.2. The van der Waals surface area contributed by atoms with Crippen LogP contribution in [0.25, 0.3) is 0 Å². The highest BCUT2D eigenvalue weighted by Crippen LogP contribution is 2.39. The smallest absolute Gasteiger partial charge is 0.309 e. The number of hydrogen-bond acceptors (Lipinski definition) is 23. The second-order valence-corrected chi connectivity index (χ2v) is 21.3. The Morgan fingerprint density at radius 3 is 1.62 bits per heavy atom. The van der Waals surface area contributed by atoms with Crippen molar-refractivity contribution in [2.24, 2.45) is 5.92 Å². The topological polar surface area (TPSA) is 327 Å². The molecule has 0 bridgehead atoms. The predicted octanol–water partition coefficient (Wildman–Crippen LogP) is 0.859. The summed E-state index contributed by atoms with van der Waals surface area (Å²) in [6.07, 6.45) is -27.3. The Morgan fingerprint density at radius 1 is 0.514 bits per heavy atom. The van der Waals surface area contributed by atoms with E-state index < -0.39 is 171 Å². The molecule has 0 radical (unpaired) electrons. The number of aliphatic hydroxyl groups is 9. The van der Waals surface area contributed by atoms with Crippen LogP contribution in [0.4, 0.5) is 0 Å². The van der Waals surface area contributed by atoms with E-state index in [2.05, 4.69) is 6.92 Å². The van der Waals surface area contributed by atoms with Gasteiger partial charge in [0, 0.05) is 6.42 Å². The minimum atomic E-state index is -1.88. The average molecular weight is 1070 g/mol. The van der Waals surface area contributed by atoms with E-state index in [1.165, 1.54) is 27.7 Å². The molecule has 0 aliphatic carbocycles. The van der Waals surface area contributed by atoms with E-state index in [0.29, 0.717) is 12.8 Å². The van der Waals surface area contributed by atoms with Gasteiger partial charge in [-0.05, 0) is 60.3 Å². The van der Waals surface area contributed by atoms with Gasteiger partial charge >= 0.3 is 11.9 Å². The SMILES string of the molecule is CCCCCC1CCCCCCCCCC(=O)O[C@H]2[C@H](O[C@H]3[C@H](O1)O[C@H](C)[C@H](O)[C@@H]3O)O[C@@H](C)[C@H](O[C@@H]1O[C@@H](C)[C@H](O[C@@H]3O[C@@H](C)[C@H](O)[C@@H](O)[C@H]3O)[C@@H](O[C@@H]3O[C@@H](C)[C@H](O)[C@@H](O)[C@H]3O)[C@H]1OC(=O)[C@@H](C)CC)[C@H]2O. The van der Waals surface area contributed by atoms with Crippen LogP contribution in [0.5, 0.6) is 0 Å². The molecule has 6 rings (SSSR count). The maximum Gasteiger partial charge on any atom is 0.309 e. The van der Waals surface area contributed by atoms with Crippen molar-refractivity contribution in [2.75, 3.05) is 0 Å². The normalized spacial score (nSPS) is 47.0. The second kappa shape index (κ2) is 28.4. The number of rotatable bonds is 13. The molecule has 27 atom stereocenters. The van der Waals surface area contributed by atoms with Gasteiger partial charge in [0.1, 0.15) is 79.4 Å². The quantitative estimate of drug-likeness (QED) is 0.0912. The van der Waals surface area contributed by atoms with Crippen molar-refractivity contribution >= 4 is 11.9 Å². The van der Waals surface area contributed by atoms with Crippen LogP contribution in [-0.2, 0) is 66.4 Å². The molecule has 6 heterocycles. The minimum Gasteiger partial charge on any atom is -0.454 e. The fourth-order valence-corrected chi connectivity index (χ4v) is 10.3. The third-order valence-electron chi connectivity index (χ3n) is 15.4. The summed E-state index contributed by atoms with van der Waals surface area (Å²) >= 11 is 0. The molecule has 6 aliphatic heterocycles.